The SMILES string of the molecule is CCC(C)[C@@H](CSC(C)=O)SC(C)(C)C. The summed E-state index contributed by atoms with van der Waals surface area (Å²) in [6.07, 6.45) is 1.19. The van der Waals surface area contributed by atoms with Gasteiger partial charge in [0, 0.05) is 22.7 Å². The van der Waals surface area contributed by atoms with Crippen LogP contribution in [0, 0.1) is 5.92 Å². The normalized spacial score (nSPS) is 16.1. The van der Waals surface area contributed by atoms with Gasteiger partial charge in [-0.2, -0.15) is 11.8 Å². The lowest BCUT2D eigenvalue weighted by molar-refractivity contribution is -0.109. The Labute approximate surface area is 103 Å². The van der Waals surface area contributed by atoms with Crippen molar-refractivity contribution in [1.82, 2.24) is 0 Å². The van der Waals surface area contributed by atoms with E-state index in [-0.39, 0.29) is 9.86 Å². The third kappa shape index (κ3) is 8.21. The Kier molecular flexibility index (Phi) is 7.02. The minimum atomic E-state index is 0.234. The zero-order valence-electron chi connectivity index (χ0n) is 10.8. The maximum atomic E-state index is 11.0. The number of hydrogen-bond acceptors (Lipinski definition) is 3. The first kappa shape index (κ1) is 15.4. The fourth-order valence-corrected chi connectivity index (χ4v) is 3.77. The smallest absolute Gasteiger partial charge is 0.185 e. The molecule has 0 bridgehead atoms. The zero-order chi connectivity index (χ0) is 12.1. The maximum Gasteiger partial charge on any atom is 0.185 e. The fourth-order valence-electron chi connectivity index (χ4n) is 1.23. The highest BCUT2D eigenvalue weighted by Crippen LogP contribution is 2.35. The zero-order valence-corrected chi connectivity index (χ0v) is 12.4. The molecule has 0 heterocycles. The van der Waals surface area contributed by atoms with Gasteiger partial charge in [-0.3, -0.25) is 4.79 Å². The molecule has 0 aromatic carbocycles. The summed E-state index contributed by atoms with van der Waals surface area (Å²) in [5.41, 5.74) is 0. The molecule has 2 atom stereocenters. The fraction of sp³-hybridized carbons (Fsp3) is 0.917. The molecule has 0 saturated heterocycles. The van der Waals surface area contributed by atoms with E-state index in [2.05, 4.69) is 34.6 Å². The molecule has 90 valence electrons. The van der Waals surface area contributed by atoms with E-state index in [1.165, 1.54) is 18.2 Å². The molecule has 0 aliphatic carbocycles. The van der Waals surface area contributed by atoms with Crippen molar-refractivity contribution in [2.75, 3.05) is 5.75 Å². The van der Waals surface area contributed by atoms with Crippen LogP contribution in [0.25, 0.3) is 0 Å². The molecule has 0 fully saturated rings. The first-order chi connectivity index (χ1) is 6.76. The summed E-state index contributed by atoms with van der Waals surface area (Å²) >= 11 is 3.47. The highest BCUT2D eigenvalue weighted by atomic mass is 32.2. The molecule has 15 heavy (non-hydrogen) atoms. The van der Waals surface area contributed by atoms with Crippen LogP contribution >= 0.6 is 23.5 Å². The van der Waals surface area contributed by atoms with Crippen LogP contribution in [-0.2, 0) is 4.79 Å². The number of thioether (sulfide) groups is 2. The van der Waals surface area contributed by atoms with Gasteiger partial charge in [0.2, 0.25) is 0 Å². The lowest BCUT2D eigenvalue weighted by atomic mass is 10.1. The van der Waals surface area contributed by atoms with E-state index in [0.717, 1.165) is 5.75 Å². The quantitative estimate of drug-likeness (QED) is 0.725. The third-order valence-corrected chi connectivity index (χ3v) is 5.02. The van der Waals surface area contributed by atoms with E-state index < -0.39 is 0 Å². The average Bonchev–Trinajstić information content (AvgIpc) is 2.08. The van der Waals surface area contributed by atoms with Crippen molar-refractivity contribution >= 4 is 28.6 Å². The number of hydrogen-bond donors (Lipinski definition) is 0. The first-order valence-electron chi connectivity index (χ1n) is 5.57. The minimum Gasteiger partial charge on any atom is -0.288 e. The molecule has 0 aliphatic heterocycles. The van der Waals surface area contributed by atoms with Crippen LogP contribution in [0.5, 0.6) is 0 Å². The molecule has 0 radical (unpaired) electrons. The first-order valence-corrected chi connectivity index (χ1v) is 7.44. The second-order valence-corrected chi connectivity index (χ2v) is 8.22. The number of rotatable bonds is 5. The van der Waals surface area contributed by atoms with Gasteiger partial charge in [0.15, 0.2) is 5.12 Å². The third-order valence-electron chi connectivity index (χ3n) is 2.23. The summed E-state index contributed by atoms with van der Waals surface area (Å²) in [4.78, 5) is 11.0. The molecule has 0 aromatic rings. The summed E-state index contributed by atoms with van der Waals surface area (Å²) in [6, 6.07) is 0. The van der Waals surface area contributed by atoms with Crippen LogP contribution in [0.4, 0.5) is 0 Å². The van der Waals surface area contributed by atoms with Crippen molar-refractivity contribution in [2.24, 2.45) is 5.92 Å². The van der Waals surface area contributed by atoms with Gasteiger partial charge in [0.25, 0.3) is 0 Å². The van der Waals surface area contributed by atoms with Gasteiger partial charge < -0.3 is 0 Å². The number of carbonyl (C=O) groups excluding carboxylic acids is 1. The Balaban J connectivity index is 4.25. The molecule has 0 aromatic heterocycles. The van der Waals surface area contributed by atoms with Crippen LogP contribution in [0.3, 0.4) is 0 Å². The summed E-state index contributed by atoms with van der Waals surface area (Å²) in [6.45, 7) is 12.9. The standard InChI is InChI=1S/C12H24OS2/c1-7-9(2)11(8-14-10(3)13)15-12(4,5)6/h9,11H,7-8H2,1-6H3/t9?,11-/m1/s1. The monoisotopic (exact) mass is 248 g/mol. The Morgan fingerprint density at radius 3 is 2.20 bits per heavy atom. The lowest BCUT2D eigenvalue weighted by Crippen LogP contribution is -2.24. The van der Waals surface area contributed by atoms with E-state index in [0.29, 0.717) is 11.2 Å². The molecule has 1 unspecified atom stereocenters. The second-order valence-electron chi connectivity index (χ2n) is 4.96. The Morgan fingerprint density at radius 1 is 1.33 bits per heavy atom. The molecule has 0 rings (SSSR count). The highest BCUT2D eigenvalue weighted by Gasteiger charge is 2.23. The van der Waals surface area contributed by atoms with Gasteiger partial charge in [0.05, 0.1) is 0 Å². The van der Waals surface area contributed by atoms with Gasteiger partial charge in [0.1, 0.15) is 0 Å². The van der Waals surface area contributed by atoms with Crippen LogP contribution in [0.1, 0.15) is 48.0 Å². The Hall–Kier alpha value is 0.370. The van der Waals surface area contributed by atoms with Crippen molar-refractivity contribution in [1.29, 1.82) is 0 Å². The second kappa shape index (κ2) is 6.85. The van der Waals surface area contributed by atoms with E-state index in [9.17, 15) is 4.79 Å². The van der Waals surface area contributed by atoms with Crippen molar-refractivity contribution in [2.45, 2.75) is 58.0 Å². The van der Waals surface area contributed by atoms with Crippen molar-refractivity contribution in [3.63, 3.8) is 0 Å². The van der Waals surface area contributed by atoms with Crippen LogP contribution in [0.2, 0.25) is 0 Å². The topological polar surface area (TPSA) is 17.1 Å². The molecule has 0 saturated carbocycles. The lowest BCUT2D eigenvalue weighted by Gasteiger charge is -2.29. The van der Waals surface area contributed by atoms with E-state index >= 15 is 0 Å². The van der Waals surface area contributed by atoms with E-state index in [1.807, 2.05) is 11.8 Å². The molecular formula is C12H24OS2. The Morgan fingerprint density at radius 2 is 1.87 bits per heavy atom. The number of carbonyl (C=O) groups is 1. The van der Waals surface area contributed by atoms with Crippen molar-refractivity contribution < 1.29 is 4.79 Å². The van der Waals surface area contributed by atoms with Crippen molar-refractivity contribution in [3.8, 4) is 0 Å². The van der Waals surface area contributed by atoms with Gasteiger partial charge in [-0.05, 0) is 5.92 Å². The summed E-state index contributed by atoms with van der Waals surface area (Å²) < 4.78 is 0.283. The predicted octanol–water partition coefficient (Wildman–Crippen LogP) is 4.21. The largest absolute Gasteiger partial charge is 0.288 e. The van der Waals surface area contributed by atoms with Gasteiger partial charge in [-0.15, -0.1) is 0 Å². The van der Waals surface area contributed by atoms with Crippen LogP contribution in [0.15, 0.2) is 0 Å². The highest BCUT2D eigenvalue weighted by molar-refractivity contribution is 8.14. The average molecular weight is 248 g/mol. The molecule has 0 aliphatic rings. The molecule has 3 heteroatoms. The summed E-state index contributed by atoms with van der Waals surface area (Å²) in [5.74, 6) is 1.63. The van der Waals surface area contributed by atoms with Gasteiger partial charge in [-0.1, -0.05) is 52.8 Å². The van der Waals surface area contributed by atoms with Crippen LogP contribution < -0.4 is 0 Å². The molecule has 0 N–H and O–H groups in total. The molecular weight excluding hydrogens is 224 g/mol. The summed E-state index contributed by atoms with van der Waals surface area (Å²) in [7, 11) is 0. The minimum absolute atomic E-state index is 0.234. The Bertz CT molecular complexity index is 196. The van der Waals surface area contributed by atoms with Crippen LogP contribution in [-0.4, -0.2) is 20.9 Å². The van der Waals surface area contributed by atoms with Gasteiger partial charge >= 0.3 is 0 Å². The molecule has 0 amide bonds. The molecule has 1 nitrogen and oxygen atoms in total. The van der Waals surface area contributed by atoms with E-state index in [4.69, 9.17) is 0 Å². The maximum absolute atomic E-state index is 11.0. The predicted molar refractivity (Wildman–Crippen MR) is 73.7 cm³/mol. The summed E-state index contributed by atoms with van der Waals surface area (Å²) in [5, 5.41) is 0.821. The van der Waals surface area contributed by atoms with Gasteiger partial charge in [-0.25, -0.2) is 0 Å². The molecule has 0 spiro atoms. The van der Waals surface area contributed by atoms with E-state index in [1.54, 1.807) is 6.92 Å². The van der Waals surface area contributed by atoms with Crippen molar-refractivity contribution in [3.05, 3.63) is 0 Å².